The molecule has 0 saturated heterocycles. The second kappa shape index (κ2) is 5.53. The smallest absolute Gasteiger partial charge is 0.134 e. The van der Waals surface area contributed by atoms with Gasteiger partial charge in [0, 0.05) is 11.1 Å². The van der Waals surface area contributed by atoms with Crippen molar-refractivity contribution in [3.8, 4) is 11.5 Å². The van der Waals surface area contributed by atoms with Crippen molar-refractivity contribution in [1.29, 1.82) is 0 Å². The fraction of sp³-hybridized carbons (Fsp3) is 0.300. The highest BCUT2D eigenvalue weighted by molar-refractivity contribution is 5.69. The highest BCUT2D eigenvalue weighted by atomic mass is 16.5. The van der Waals surface area contributed by atoms with E-state index in [9.17, 15) is 5.11 Å². The molecule has 1 aliphatic rings. The molecule has 114 valence electrons. The van der Waals surface area contributed by atoms with E-state index in [4.69, 9.17) is 4.74 Å². The molecule has 0 bridgehead atoms. The fourth-order valence-electron chi connectivity index (χ4n) is 2.84. The number of aromatic hydroxyl groups is 1. The summed E-state index contributed by atoms with van der Waals surface area (Å²) in [6.45, 7) is 5.96. The van der Waals surface area contributed by atoms with E-state index in [2.05, 4.69) is 36.4 Å². The van der Waals surface area contributed by atoms with E-state index in [-0.39, 0.29) is 5.60 Å². The Bertz CT molecular complexity index is 712. The van der Waals surface area contributed by atoms with Gasteiger partial charge in [-0.05, 0) is 56.9 Å². The van der Waals surface area contributed by atoms with Gasteiger partial charge in [-0.25, -0.2) is 0 Å². The van der Waals surface area contributed by atoms with Crippen LogP contribution in [0.3, 0.4) is 0 Å². The van der Waals surface area contributed by atoms with Gasteiger partial charge in [0.15, 0.2) is 0 Å². The van der Waals surface area contributed by atoms with Gasteiger partial charge in [0.2, 0.25) is 0 Å². The van der Waals surface area contributed by atoms with Crippen molar-refractivity contribution in [2.75, 3.05) is 0 Å². The summed E-state index contributed by atoms with van der Waals surface area (Å²) < 4.78 is 6.08. The van der Waals surface area contributed by atoms with Gasteiger partial charge in [-0.3, -0.25) is 0 Å². The van der Waals surface area contributed by atoms with Gasteiger partial charge in [0.1, 0.15) is 17.1 Å². The van der Waals surface area contributed by atoms with Crippen molar-refractivity contribution in [3.63, 3.8) is 0 Å². The lowest BCUT2D eigenvalue weighted by Gasteiger charge is -2.30. The summed E-state index contributed by atoms with van der Waals surface area (Å²) >= 11 is 0. The quantitative estimate of drug-likeness (QED) is 0.891. The molecular formula is C20H22O2. The van der Waals surface area contributed by atoms with Crippen LogP contribution >= 0.6 is 0 Å². The number of hydrogen-bond donors (Lipinski definition) is 1. The highest BCUT2D eigenvalue weighted by Crippen LogP contribution is 2.40. The predicted molar refractivity (Wildman–Crippen MR) is 90.4 cm³/mol. The lowest BCUT2D eigenvalue weighted by atomic mass is 9.92. The molecule has 0 saturated carbocycles. The molecule has 0 atom stereocenters. The van der Waals surface area contributed by atoms with E-state index >= 15 is 0 Å². The van der Waals surface area contributed by atoms with Crippen LogP contribution in [0.1, 0.15) is 36.1 Å². The molecule has 2 nitrogen and oxygen atoms in total. The largest absolute Gasteiger partial charge is 0.508 e. The minimum absolute atomic E-state index is 0.313. The first-order valence-electron chi connectivity index (χ1n) is 7.74. The molecule has 3 rings (SSSR count). The Morgan fingerprint density at radius 3 is 2.55 bits per heavy atom. The van der Waals surface area contributed by atoms with Crippen LogP contribution in [0, 0.1) is 6.92 Å². The van der Waals surface area contributed by atoms with Gasteiger partial charge in [0.05, 0.1) is 0 Å². The summed E-state index contributed by atoms with van der Waals surface area (Å²) in [6, 6.07) is 12.3. The SMILES string of the molecule is Cc1c(O)cc(CCc2ccccc2)c2c1OC(C)(C)C=C2. The van der Waals surface area contributed by atoms with E-state index in [0.717, 1.165) is 35.3 Å². The topological polar surface area (TPSA) is 29.5 Å². The first-order chi connectivity index (χ1) is 10.5. The minimum Gasteiger partial charge on any atom is -0.508 e. The molecule has 0 aromatic heterocycles. The number of phenols is 1. The lowest BCUT2D eigenvalue weighted by Crippen LogP contribution is -2.28. The van der Waals surface area contributed by atoms with Crippen molar-refractivity contribution in [2.24, 2.45) is 0 Å². The van der Waals surface area contributed by atoms with E-state index in [1.807, 2.05) is 32.9 Å². The number of rotatable bonds is 3. The van der Waals surface area contributed by atoms with Gasteiger partial charge in [0.25, 0.3) is 0 Å². The van der Waals surface area contributed by atoms with Crippen LogP contribution in [-0.4, -0.2) is 10.7 Å². The lowest BCUT2D eigenvalue weighted by molar-refractivity contribution is 0.157. The average Bonchev–Trinajstić information content (AvgIpc) is 2.50. The van der Waals surface area contributed by atoms with E-state index < -0.39 is 0 Å². The number of phenolic OH excluding ortho intramolecular Hbond substituents is 1. The molecule has 0 radical (unpaired) electrons. The van der Waals surface area contributed by atoms with Gasteiger partial charge < -0.3 is 9.84 Å². The molecule has 2 aromatic rings. The zero-order valence-electron chi connectivity index (χ0n) is 13.4. The van der Waals surface area contributed by atoms with Crippen LogP contribution in [0.4, 0.5) is 0 Å². The van der Waals surface area contributed by atoms with Crippen LogP contribution in [0.15, 0.2) is 42.5 Å². The summed E-state index contributed by atoms with van der Waals surface area (Å²) in [7, 11) is 0. The van der Waals surface area contributed by atoms with Crippen molar-refractivity contribution < 1.29 is 9.84 Å². The molecule has 22 heavy (non-hydrogen) atoms. The Kier molecular flexibility index (Phi) is 3.69. The number of benzene rings is 2. The van der Waals surface area contributed by atoms with Crippen LogP contribution in [0.25, 0.3) is 6.08 Å². The zero-order chi connectivity index (χ0) is 15.7. The maximum absolute atomic E-state index is 10.2. The normalized spacial score (nSPS) is 15.2. The number of hydrogen-bond acceptors (Lipinski definition) is 2. The van der Waals surface area contributed by atoms with Gasteiger partial charge in [-0.15, -0.1) is 0 Å². The average molecular weight is 294 g/mol. The third-order valence-corrected chi connectivity index (χ3v) is 4.17. The Labute approximate surface area is 132 Å². The molecule has 0 amide bonds. The summed E-state index contributed by atoms with van der Waals surface area (Å²) in [6.07, 6.45) is 6.05. The van der Waals surface area contributed by atoms with Gasteiger partial charge >= 0.3 is 0 Å². The molecule has 2 heteroatoms. The third kappa shape index (κ3) is 2.87. The van der Waals surface area contributed by atoms with Crippen LogP contribution in [0.2, 0.25) is 0 Å². The monoisotopic (exact) mass is 294 g/mol. The summed E-state index contributed by atoms with van der Waals surface area (Å²) in [5.41, 5.74) is 4.02. The number of ether oxygens (including phenoxy) is 1. The summed E-state index contributed by atoms with van der Waals surface area (Å²) in [5.74, 6) is 1.13. The summed E-state index contributed by atoms with van der Waals surface area (Å²) in [4.78, 5) is 0. The van der Waals surface area contributed by atoms with Crippen LogP contribution < -0.4 is 4.74 Å². The molecular weight excluding hydrogens is 272 g/mol. The Balaban J connectivity index is 1.94. The minimum atomic E-state index is -0.331. The molecule has 1 aliphatic heterocycles. The molecule has 1 heterocycles. The second-order valence-electron chi connectivity index (χ2n) is 6.45. The molecule has 0 fully saturated rings. The number of fused-ring (bicyclic) bond motifs is 1. The van der Waals surface area contributed by atoms with E-state index in [1.165, 1.54) is 5.56 Å². The first kappa shape index (κ1) is 14.7. The van der Waals surface area contributed by atoms with Gasteiger partial charge in [-0.1, -0.05) is 36.4 Å². The maximum atomic E-state index is 10.2. The fourth-order valence-corrected chi connectivity index (χ4v) is 2.84. The molecule has 0 aliphatic carbocycles. The highest BCUT2D eigenvalue weighted by Gasteiger charge is 2.26. The third-order valence-electron chi connectivity index (χ3n) is 4.17. The van der Waals surface area contributed by atoms with E-state index in [1.54, 1.807) is 0 Å². The zero-order valence-corrected chi connectivity index (χ0v) is 13.4. The molecule has 1 N–H and O–H groups in total. The first-order valence-corrected chi connectivity index (χ1v) is 7.74. The van der Waals surface area contributed by atoms with Crippen molar-refractivity contribution >= 4 is 6.08 Å². The predicted octanol–water partition coefficient (Wildman–Crippen LogP) is 4.67. The van der Waals surface area contributed by atoms with Gasteiger partial charge in [-0.2, -0.15) is 0 Å². The van der Waals surface area contributed by atoms with Crippen molar-refractivity contribution in [2.45, 2.75) is 39.2 Å². The molecule has 0 unspecified atom stereocenters. The maximum Gasteiger partial charge on any atom is 0.134 e. The Morgan fingerprint density at radius 1 is 1.09 bits per heavy atom. The number of aryl methyl sites for hydroxylation is 2. The molecule has 0 spiro atoms. The second-order valence-corrected chi connectivity index (χ2v) is 6.45. The Hall–Kier alpha value is -2.22. The van der Waals surface area contributed by atoms with Crippen molar-refractivity contribution in [1.82, 2.24) is 0 Å². The van der Waals surface area contributed by atoms with Crippen molar-refractivity contribution in [3.05, 3.63) is 64.7 Å². The Morgan fingerprint density at radius 2 is 1.82 bits per heavy atom. The summed E-state index contributed by atoms with van der Waals surface area (Å²) in [5, 5.41) is 10.2. The van der Waals surface area contributed by atoms with Crippen LogP contribution in [-0.2, 0) is 12.8 Å². The molecule has 2 aromatic carbocycles. The standard InChI is InChI=1S/C20H22O2/c1-14-18(21)13-16(10-9-15-7-5-4-6-8-15)17-11-12-20(2,3)22-19(14)17/h4-8,11-13,21H,9-10H2,1-3H3. The van der Waals surface area contributed by atoms with Crippen LogP contribution in [0.5, 0.6) is 11.5 Å². The van der Waals surface area contributed by atoms with E-state index in [0.29, 0.717) is 5.75 Å².